The van der Waals surface area contributed by atoms with Gasteiger partial charge < -0.3 is 10.6 Å². The van der Waals surface area contributed by atoms with Gasteiger partial charge in [0.2, 0.25) is 5.91 Å². The number of amides is 1. The van der Waals surface area contributed by atoms with E-state index in [1.54, 1.807) is 18.3 Å². The highest BCUT2D eigenvalue weighted by molar-refractivity contribution is 9.11. The molecular weight excluding hydrogens is 288 g/mol. The first-order chi connectivity index (χ1) is 7.58. The predicted molar refractivity (Wildman–Crippen MR) is 69.2 cm³/mol. The number of carbonyl (C=O) groups excluding carboxylic acids is 1. The second-order valence-corrected chi connectivity index (χ2v) is 6.54. The van der Waals surface area contributed by atoms with Gasteiger partial charge in [-0.05, 0) is 52.7 Å². The number of nitrogens with two attached hydrogens (primary N) is 1. The molecule has 3 nitrogen and oxygen atoms in total. The van der Waals surface area contributed by atoms with Gasteiger partial charge in [-0.25, -0.2) is 0 Å². The van der Waals surface area contributed by atoms with E-state index in [0.29, 0.717) is 12.6 Å². The average molecular weight is 303 g/mol. The first-order valence-corrected chi connectivity index (χ1v) is 7.04. The molecule has 1 aliphatic rings. The van der Waals surface area contributed by atoms with Crippen molar-refractivity contribution in [1.29, 1.82) is 0 Å². The van der Waals surface area contributed by atoms with Crippen LogP contribution in [0.1, 0.15) is 25.3 Å². The molecule has 0 aromatic carbocycles. The van der Waals surface area contributed by atoms with Crippen molar-refractivity contribution in [3.63, 3.8) is 0 Å². The molecule has 1 aromatic rings. The number of thiophene rings is 1. The summed E-state index contributed by atoms with van der Waals surface area (Å²) in [4.78, 5) is 13.8. The minimum Gasteiger partial charge on any atom is -0.334 e. The van der Waals surface area contributed by atoms with Gasteiger partial charge in [0, 0.05) is 12.6 Å². The van der Waals surface area contributed by atoms with Gasteiger partial charge >= 0.3 is 0 Å². The second kappa shape index (κ2) is 4.85. The third kappa shape index (κ3) is 2.84. The summed E-state index contributed by atoms with van der Waals surface area (Å²) in [5.41, 5.74) is 6.84. The van der Waals surface area contributed by atoms with Crippen molar-refractivity contribution < 1.29 is 4.79 Å². The van der Waals surface area contributed by atoms with Crippen LogP contribution in [0.15, 0.2) is 15.2 Å². The monoisotopic (exact) mass is 302 g/mol. The van der Waals surface area contributed by atoms with E-state index < -0.39 is 6.04 Å². The maximum atomic E-state index is 11.9. The Morgan fingerprint density at radius 1 is 1.75 bits per heavy atom. The molecule has 1 saturated carbocycles. The Morgan fingerprint density at radius 3 is 2.88 bits per heavy atom. The molecule has 1 amide bonds. The summed E-state index contributed by atoms with van der Waals surface area (Å²) >= 11 is 5.08. The molecule has 0 spiro atoms. The van der Waals surface area contributed by atoms with Gasteiger partial charge in [0.15, 0.2) is 0 Å². The highest BCUT2D eigenvalue weighted by Crippen LogP contribution is 2.30. The van der Waals surface area contributed by atoms with Crippen LogP contribution in [-0.2, 0) is 11.3 Å². The molecule has 1 aromatic heterocycles. The predicted octanol–water partition coefficient (Wildman–Crippen LogP) is 2.35. The number of carbonyl (C=O) groups is 1. The van der Waals surface area contributed by atoms with Gasteiger partial charge in [0.1, 0.15) is 0 Å². The van der Waals surface area contributed by atoms with Gasteiger partial charge in [-0.2, -0.15) is 0 Å². The van der Waals surface area contributed by atoms with Gasteiger partial charge in [0.05, 0.1) is 9.83 Å². The molecule has 88 valence electrons. The lowest BCUT2D eigenvalue weighted by Gasteiger charge is -2.23. The van der Waals surface area contributed by atoms with E-state index in [-0.39, 0.29) is 5.91 Å². The van der Waals surface area contributed by atoms with E-state index in [0.717, 1.165) is 16.6 Å². The fraction of sp³-hybridized carbons (Fsp3) is 0.545. The Balaban J connectivity index is 2.06. The normalized spacial score (nSPS) is 17.2. The average Bonchev–Trinajstić information content (AvgIpc) is 2.98. The van der Waals surface area contributed by atoms with Crippen LogP contribution in [0.25, 0.3) is 0 Å². The van der Waals surface area contributed by atoms with Crippen LogP contribution in [0.4, 0.5) is 0 Å². The zero-order valence-electron chi connectivity index (χ0n) is 9.15. The lowest BCUT2D eigenvalue weighted by molar-refractivity contribution is -0.133. The Kier molecular flexibility index (Phi) is 3.66. The highest BCUT2D eigenvalue weighted by atomic mass is 79.9. The largest absolute Gasteiger partial charge is 0.334 e. The summed E-state index contributed by atoms with van der Waals surface area (Å²) in [5.74, 6) is 0.0600. The first-order valence-electron chi connectivity index (χ1n) is 5.37. The number of rotatable bonds is 4. The second-order valence-electron chi connectivity index (χ2n) is 4.25. The molecule has 1 heterocycles. The van der Waals surface area contributed by atoms with Gasteiger partial charge in [0.25, 0.3) is 0 Å². The molecule has 0 aliphatic heterocycles. The van der Waals surface area contributed by atoms with Crippen molar-refractivity contribution in [2.45, 2.75) is 38.4 Å². The number of nitrogens with zero attached hydrogens (tertiary/aromatic N) is 1. The molecule has 2 N–H and O–H groups in total. The summed E-state index contributed by atoms with van der Waals surface area (Å²) in [6.07, 6.45) is 2.23. The maximum absolute atomic E-state index is 11.9. The number of halogens is 1. The molecule has 0 saturated heterocycles. The minimum atomic E-state index is -0.400. The number of hydrogen-bond acceptors (Lipinski definition) is 3. The molecule has 1 atom stereocenters. The molecule has 2 rings (SSSR count). The summed E-state index contributed by atoms with van der Waals surface area (Å²) in [6, 6.07) is 2.08. The minimum absolute atomic E-state index is 0.0600. The SMILES string of the molecule is C[C@@H](N)C(=O)N(Cc1csc(Br)c1)C1CC1. The fourth-order valence-corrected chi connectivity index (χ4v) is 2.86. The van der Waals surface area contributed by atoms with Crippen LogP contribution in [0.3, 0.4) is 0 Å². The van der Waals surface area contributed by atoms with Crippen molar-refractivity contribution in [1.82, 2.24) is 4.90 Å². The van der Waals surface area contributed by atoms with Crippen LogP contribution >= 0.6 is 27.3 Å². The van der Waals surface area contributed by atoms with E-state index in [2.05, 4.69) is 27.4 Å². The zero-order chi connectivity index (χ0) is 11.7. The molecule has 1 fully saturated rings. The molecule has 0 radical (unpaired) electrons. The van der Waals surface area contributed by atoms with Crippen LogP contribution < -0.4 is 5.73 Å². The third-order valence-corrected chi connectivity index (χ3v) is 4.19. The lowest BCUT2D eigenvalue weighted by Crippen LogP contribution is -2.42. The smallest absolute Gasteiger partial charge is 0.239 e. The van der Waals surface area contributed by atoms with Gasteiger partial charge in [-0.15, -0.1) is 11.3 Å². The first kappa shape index (κ1) is 12.1. The standard InChI is InChI=1S/C11H15BrN2OS/c1-7(13)11(15)14(9-2-3-9)5-8-4-10(12)16-6-8/h4,6-7,9H,2-3,5,13H2,1H3/t7-/m1/s1. The van der Waals surface area contributed by atoms with E-state index in [4.69, 9.17) is 5.73 Å². The van der Waals surface area contributed by atoms with Gasteiger partial charge in [-0.1, -0.05) is 0 Å². The number of hydrogen-bond donors (Lipinski definition) is 1. The molecule has 0 bridgehead atoms. The van der Waals surface area contributed by atoms with Crippen molar-refractivity contribution in [3.05, 3.63) is 20.8 Å². The van der Waals surface area contributed by atoms with Crippen LogP contribution in [0, 0.1) is 0 Å². The lowest BCUT2D eigenvalue weighted by atomic mass is 10.2. The Morgan fingerprint density at radius 2 is 2.44 bits per heavy atom. The molecular formula is C11H15BrN2OS. The van der Waals surface area contributed by atoms with Crippen molar-refractivity contribution in [2.24, 2.45) is 5.73 Å². The summed E-state index contributed by atoms with van der Waals surface area (Å²) in [7, 11) is 0. The molecule has 16 heavy (non-hydrogen) atoms. The Labute approximate surface area is 108 Å². The fourth-order valence-electron chi connectivity index (χ4n) is 1.66. The Hall–Kier alpha value is -0.390. The van der Waals surface area contributed by atoms with Crippen LogP contribution in [-0.4, -0.2) is 22.9 Å². The summed E-state index contributed by atoms with van der Waals surface area (Å²) in [5, 5.41) is 2.08. The highest BCUT2D eigenvalue weighted by Gasteiger charge is 2.33. The van der Waals surface area contributed by atoms with Gasteiger partial charge in [-0.3, -0.25) is 4.79 Å². The van der Waals surface area contributed by atoms with E-state index in [9.17, 15) is 4.79 Å². The summed E-state index contributed by atoms with van der Waals surface area (Å²) in [6.45, 7) is 2.44. The van der Waals surface area contributed by atoms with E-state index in [1.807, 2.05) is 4.90 Å². The Bertz CT molecular complexity index is 387. The molecule has 0 unspecified atom stereocenters. The third-order valence-electron chi connectivity index (χ3n) is 2.63. The maximum Gasteiger partial charge on any atom is 0.239 e. The summed E-state index contributed by atoms with van der Waals surface area (Å²) < 4.78 is 1.10. The molecule has 5 heteroatoms. The topological polar surface area (TPSA) is 46.3 Å². The van der Waals surface area contributed by atoms with Crippen LogP contribution in [0.2, 0.25) is 0 Å². The van der Waals surface area contributed by atoms with Crippen LogP contribution in [0.5, 0.6) is 0 Å². The quantitative estimate of drug-likeness (QED) is 0.928. The van der Waals surface area contributed by atoms with E-state index in [1.165, 1.54) is 5.56 Å². The molecule has 1 aliphatic carbocycles. The van der Waals surface area contributed by atoms with Crippen molar-refractivity contribution >= 4 is 33.2 Å². The van der Waals surface area contributed by atoms with Crippen molar-refractivity contribution in [2.75, 3.05) is 0 Å². The van der Waals surface area contributed by atoms with E-state index >= 15 is 0 Å². The van der Waals surface area contributed by atoms with Crippen molar-refractivity contribution in [3.8, 4) is 0 Å². The zero-order valence-corrected chi connectivity index (χ0v) is 11.6.